The molecule has 0 bridgehead atoms. The predicted octanol–water partition coefficient (Wildman–Crippen LogP) is 2.81. The fraction of sp³-hybridized carbons (Fsp3) is 0. The van der Waals surface area contributed by atoms with Crippen LogP contribution in [0.15, 0.2) is 41.4 Å². The third-order valence-electron chi connectivity index (χ3n) is 2.11. The van der Waals surface area contributed by atoms with Crippen molar-refractivity contribution in [1.82, 2.24) is 4.98 Å². The minimum absolute atomic E-state index is 0.0443. The van der Waals surface area contributed by atoms with Crippen molar-refractivity contribution in [3.8, 4) is 0 Å². The molecule has 1 aromatic heterocycles. The van der Waals surface area contributed by atoms with Gasteiger partial charge in [0.15, 0.2) is 0 Å². The van der Waals surface area contributed by atoms with Crippen LogP contribution < -0.4 is 4.72 Å². The van der Waals surface area contributed by atoms with Gasteiger partial charge in [-0.2, -0.15) is 0 Å². The lowest BCUT2D eigenvalue weighted by Gasteiger charge is -2.07. The van der Waals surface area contributed by atoms with Crippen LogP contribution >= 0.6 is 11.6 Å². The average molecular weight is 305 g/mol. The number of hydrogen-bond acceptors (Lipinski definition) is 3. The summed E-state index contributed by atoms with van der Waals surface area (Å²) in [5, 5.41) is 0.276. The van der Waals surface area contributed by atoms with E-state index in [9.17, 15) is 17.2 Å². The van der Waals surface area contributed by atoms with Crippen molar-refractivity contribution in [1.29, 1.82) is 0 Å². The van der Waals surface area contributed by atoms with Crippen molar-refractivity contribution in [3.63, 3.8) is 0 Å². The first-order valence-electron chi connectivity index (χ1n) is 4.97. The fourth-order valence-electron chi connectivity index (χ4n) is 1.34. The maximum absolute atomic E-state index is 13.0. The Hall–Kier alpha value is -1.73. The quantitative estimate of drug-likeness (QED) is 0.948. The Kier molecular flexibility index (Phi) is 3.68. The van der Waals surface area contributed by atoms with Crippen LogP contribution in [0.25, 0.3) is 0 Å². The largest absolute Gasteiger partial charge is 0.263 e. The summed E-state index contributed by atoms with van der Waals surface area (Å²) >= 11 is 5.68. The molecule has 1 heterocycles. The van der Waals surface area contributed by atoms with Crippen molar-refractivity contribution in [3.05, 3.63) is 53.2 Å². The molecule has 0 aliphatic rings. The first-order valence-corrected chi connectivity index (χ1v) is 6.83. The Labute approximate surface area is 113 Å². The molecule has 8 heteroatoms. The highest BCUT2D eigenvalue weighted by Gasteiger charge is 2.17. The molecule has 1 N–H and O–H groups in total. The lowest BCUT2D eigenvalue weighted by Crippen LogP contribution is -2.14. The van der Waals surface area contributed by atoms with Crippen molar-refractivity contribution >= 4 is 27.4 Å². The number of nitrogens with one attached hydrogen (secondary N) is 1. The number of aromatic nitrogens is 1. The van der Waals surface area contributed by atoms with E-state index >= 15 is 0 Å². The minimum Gasteiger partial charge on any atom is -0.263 e. The van der Waals surface area contributed by atoms with Crippen LogP contribution in [-0.2, 0) is 10.0 Å². The molecule has 0 spiro atoms. The summed E-state index contributed by atoms with van der Waals surface area (Å²) in [5.41, 5.74) is 0. The molecule has 0 atom stereocenters. The van der Waals surface area contributed by atoms with Gasteiger partial charge in [0, 0.05) is 23.4 Å². The highest BCUT2D eigenvalue weighted by atomic mass is 35.5. The topological polar surface area (TPSA) is 59.1 Å². The van der Waals surface area contributed by atoms with E-state index in [-0.39, 0.29) is 10.8 Å². The summed E-state index contributed by atoms with van der Waals surface area (Å²) in [7, 11) is -4.13. The van der Waals surface area contributed by atoms with Crippen LogP contribution in [0.2, 0.25) is 5.02 Å². The van der Waals surface area contributed by atoms with E-state index < -0.39 is 26.6 Å². The zero-order valence-electron chi connectivity index (χ0n) is 9.27. The van der Waals surface area contributed by atoms with Crippen molar-refractivity contribution < 1.29 is 17.2 Å². The number of benzene rings is 1. The SMILES string of the molecule is O=S(=O)(Nc1cc(Cl)ccn1)c1cc(F)cc(F)c1. The van der Waals surface area contributed by atoms with Gasteiger partial charge in [0.2, 0.25) is 0 Å². The lowest BCUT2D eigenvalue weighted by molar-refractivity contribution is 0.568. The van der Waals surface area contributed by atoms with Gasteiger partial charge in [-0.1, -0.05) is 11.6 Å². The number of anilines is 1. The van der Waals surface area contributed by atoms with Gasteiger partial charge in [0.05, 0.1) is 4.90 Å². The number of rotatable bonds is 3. The van der Waals surface area contributed by atoms with Crippen LogP contribution in [0.5, 0.6) is 0 Å². The predicted molar refractivity (Wildman–Crippen MR) is 66.4 cm³/mol. The Morgan fingerprint density at radius 1 is 1.11 bits per heavy atom. The van der Waals surface area contributed by atoms with Crippen LogP contribution in [0.4, 0.5) is 14.6 Å². The van der Waals surface area contributed by atoms with Gasteiger partial charge in [-0.15, -0.1) is 0 Å². The number of halogens is 3. The zero-order valence-corrected chi connectivity index (χ0v) is 10.8. The second kappa shape index (κ2) is 5.10. The number of hydrogen-bond donors (Lipinski definition) is 1. The van der Waals surface area contributed by atoms with E-state index in [1.807, 2.05) is 0 Å². The van der Waals surface area contributed by atoms with Gasteiger partial charge in [-0.05, 0) is 18.2 Å². The summed E-state index contributed by atoms with van der Waals surface area (Å²) < 4.78 is 51.8. The Bertz CT molecular complexity index is 702. The molecule has 0 unspecified atom stereocenters. The molecule has 2 aromatic rings. The van der Waals surface area contributed by atoms with E-state index in [1.54, 1.807) is 0 Å². The van der Waals surface area contributed by atoms with Crippen molar-refractivity contribution in [2.75, 3.05) is 4.72 Å². The van der Waals surface area contributed by atoms with Gasteiger partial charge in [-0.3, -0.25) is 4.72 Å². The van der Waals surface area contributed by atoms with Crippen LogP contribution in [-0.4, -0.2) is 13.4 Å². The molecule has 2 rings (SSSR count). The molecule has 0 aliphatic carbocycles. The summed E-state index contributed by atoms with van der Waals surface area (Å²) in [6, 6.07) is 4.72. The molecule has 100 valence electrons. The van der Waals surface area contributed by atoms with Crippen LogP contribution in [0, 0.1) is 11.6 Å². The van der Waals surface area contributed by atoms with Gasteiger partial charge >= 0.3 is 0 Å². The van der Waals surface area contributed by atoms with Gasteiger partial charge in [-0.25, -0.2) is 22.2 Å². The van der Waals surface area contributed by atoms with E-state index in [1.165, 1.54) is 18.3 Å². The summed E-state index contributed by atoms with van der Waals surface area (Å²) in [5.74, 6) is -2.02. The molecule has 0 saturated carbocycles. The molecule has 19 heavy (non-hydrogen) atoms. The summed E-state index contributed by atoms with van der Waals surface area (Å²) in [6.45, 7) is 0. The molecular weight excluding hydrogens is 298 g/mol. The smallest absolute Gasteiger partial charge is 0.263 e. The first-order chi connectivity index (χ1) is 8.87. The van der Waals surface area contributed by atoms with E-state index in [4.69, 9.17) is 11.6 Å². The Morgan fingerprint density at radius 3 is 2.32 bits per heavy atom. The van der Waals surface area contributed by atoms with Gasteiger partial charge in [0.1, 0.15) is 17.5 Å². The fourth-order valence-corrected chi connectivity index (χ4v) is 2.54. The highest BCUT2D eigenvalue weighted by Crippen LogP contribution is 2.18. The van der Waals surface area contributed by atoms with Gasteiger partial charge < -0.3 is 0 Å². The molecule has 0 fully saturated rings. The normalized spacial score (nSPS) is 11.3. The summed E-state index contributed by atoms with van der Waals surface area (Å²) in [6.07, 6.45) is 1.30. The van der Waals surface area contributed by atoms with Gasteiger partial charge in [0.25, 0.3) is 10.0 Å². The zero-order chi connectivity index (χ0) is 14.0. The van der Waals surface area contributed by atoms with E-state index in [0.29, 0.717) is 18.2 Å². The van der Waals surface area contributed by atoms with Crippen LogP contribution in [0.3, 0.4) is 0 Å². The molecule has 4 nitrogen and oxygen atoms in total. The molecule has 1 aromatic carbocycles. The maximum Gasteiger partial charge on any atom is 0.263 e. The van der Waals surface area contributed by atoms with Crippen LogP contribution in [0.1, 0.15) is 0 Å². The highest BCUT2D eigenvalue weighted by molar-refractivity contribution is 7.92. The molecule has 0 radical (unpaired) electrons. The molecular formula is C11H7ClF2N2O2S. The minimum atomic E-state index is -4.13. The number of pyridine rings is 1. The first kappa shape index (κ1) is 13.7. The number of nitrogens with zero attached hydrogens (tertiary/aromatic N) is 1. The third kappa shape index (κ3) is 3.39. The van der Waals surface area contributed by atoms with Crippen molar-refractivity contribution in [2.24, 2.45) is 0 Å². The van der Waals surface area contributed by atoms with E-state index in [0.717, 1.165) is 0 Å². The molecule has 0 amide bonds. The van der Waals surface area contributed by atoms with E-state index in [2.05, 4.69) is 9.71 Å². The number of sulfonamides is 1. The lowest BCUT2D eigenvalue weighted by atomic mass is 10.3. The summed E-state index contributed by atoms with van der Waals surface area (Å²) in [4.78, 5) is 3.20. The second-order valence-corrected chi connectivity index (χ2v) is 5.69. The second-order valence-electron chi connectivity index (χ2n) is 3.57. The molecule has 0 saturated heterocycles. The third-order valence-corrected chi connectivity index (χ3v) is 3.68. The maximum atomic E-state index is 13.0. The monoisotopic (exact) mass is 304 g/mol. The molecule has 0 aliphatic heterocycles. The standard InChI is InChI=1S/C11H7ClF2N2O2S/c12-7-1-2-15-11(3-7)16-19(17,18)10-5-8(13)4-9(14)6-10/h1-6H,(H,15,16). The Morgan fingerprint density at radius 2 is 1.74 bits per heavy atom. The van der Waals surface area contributed by atoms with Crippen molar-refractivity contribution in [2.45, 2.75) is 4.90 Å². The average Bonchev–Trinajstić information content (AvgIpc) is 2.26. The Balaban J connectivity index is 2.37.